The predicted molar refractivity (Wildman–Crippen MR) is 103 cm³/mol. The Kier molecular flexibility index (Phi) is 5.53. The minimum atomic E-state index is -0.148. The molecule has 0 saturated carbocycles. The van der Waals surface area contributed by atoms with Crippen LogP contribution >= 0.6 is 11.3 Å². The van der Waals surface area contributed by atoms with Crippen LogP contribution in [0.25, 0.3) is 0 Å². The van der Waals surface area contributed by atoms with E-state index in [0.717, 1.165) is 29.0 Å². The first kappa shape index (κ1) is 17.7. The van der Waals surface area contributed by atoms with Gasteiger partial charge in [-0.15, -0.1) is 11.3 Å². The van der Waals surface area contributed by atoms with Gasteiger partial charge in [-0.25, -0.2) is 5.43 Å². The summed E-state index contributed by atoms with van der Waals surface area (Å²) in [5.41, 5.74) is 4.80. The van der Waals surface area contributed by atoms with Gasteiger partial charge in [0.2, 0.25) is 0 Å². The van der Waals surface area contributed by atoms with Gasteiger partial charge in [0.05, 0.1) is 17.2 Å². The molecule has 1 aliphatic rings. The van der Waals surface area contributed by atoms with Gasteiger partial charge in [-0.05, 0) is 62.8 Å². The van der Waals surface area contributed by atoms with Gasteiger partial charge >= 0.3 is 0 Å². The second kappa shape index (κ2) is 7.83. The molecule has 1 heterocycles. The second-order valence-electron chi connectivity index (χ2n) is 6.81. The SMILES string of the molecule is CC(C)Oc1ccccc1/C=N\NC(=O)c1cc2c(s1)CC[C@H](C)C2. The van der Waals surface area contributed by atoms with Crippen LogP contribution in [0.3, 0.4) is 0 Å². The minimum Gasteiger partial charge on any atom is -0.490 e. The van der Waals surface area contributed by atoms with Crippen LogP contribution in [0, 0.1) is 5.92 Å². The third-order valence-electron chi connectivity index (χ3n) is 4.20. The van der Waals surface area contributed by atoms with Gasteiger partial charge < -0.3 is 4.74 Å². The molecule has 2 aromatic rings. The lowest BCUT2D eigenvalue weighted by molar-refractivity contribution is 0.0959. The predicted octanol–water partition coefficient (Wildman–Crippen LogP) is 4.42. The lowest BCUT2D eigenvalue weighted by atomic mass is 9.90. The molecule has 0 aliphatic heterocycles. The van der Waals surface area contributed by atoms with E-state index in [4.69, 9.17) is 4.74 Å². The van der Waals surface area contributed by atoms with Crippen LogP contribution < -0.4 is 10.2 Å². The summed E-state index contributed by atoms with van der Waals surface area (Å²) >= 11 is 1.59. The lowest BCUT2D eigenvalue weighted by Crippen LogP contribution is -2.16. The second-order valence-corrected chi connectivity index (χ2v) is 7.95. The number of nitrogens with zero attached hydrogens (tertiary/aromatic N) is 1. The van der Waals surface area contributed by atoms with Crippen LogP contribution in [-0.4, -0.2) is 18.2 Å². The van der Waals surface area contributed by atoms with Crippen LogP contribution in [-0.2, 0) is 12.8 Å². The lowest BCUT2D eigenvalue weighted by Gasteiger charge is -2.16. The molecule has 1 amide bonds. The molecule has 1 aromatic heterocycles. The van der Waals surface area contributed by atoms with E-state index >= 15 is 0 Å². The average Bonchev–Trinajstić information content (AvgIpc) is 2.99. The quantitative estimate of drug-likeness (QED) is 0.637. The number of hydrazone groups is 1. The molecular weight excluding hydrogens is 332 g/mol. The summed E-state index contributed by atoms with van der Waals surface area (Å²) in [6, 6.07) is 9.68. The fraction of sp³-hybridized carbons (Fsp3) is 0.400. The molecule has 0 fully saturated rings. The molecule has 25 heavy (non-hydrogen) atoms. The first-order chi connectivity index (χ1) is 12.0. The fourth-order valence-corrected chi connectivity index (χ4v) is 4.08. The molecule has 5 heteroatoms. The van der Waals surface area contributed by atoms with Gasteiger partial charge in [0.25, 0.3) is 5.91 Å². The van der Waals surface area contributed by atoms with Gasteiger partial charge in [-0.1, -0.05) is 19.1 Å². The first-order valence-corrected chi connectivity index (χ1v) is 9.55. The summed E-state index contributed by atoms with van der Waals surface area (Å²) in [6.07, 6.45) is 5.08. The van der Waals surface area contributed by atoms with Gasteiger partial charge in [-0.2, -0.15) is 5.10 Å². The molecule has 4 nitrogen and oxygen atoms in total. The molecule has 1 N–H and O–H groups in total. The summed E-state index contributed by atoms with van der Waals surface area (Å²) in [6.45, 7) is 6.23. The van der Waals surface area contributed by atoms with Crippen molar-refractivity contribution >= 4 is 23.5 Å². The number of carbonyl (C=O) groups excluding carboxylic acids is 1. The van der Waals surface area contributed by atoms with Crippen LogP contribution in [0.5, 0.6) is 5.75 Å². The van der Waals surface area contributed by atoms with Crippen LogP contribution in [0.4, 0.5) is 0 Å². The molecule has 1 aliphatic carbocycles. The smallest absolute Gasteiger partial charge is 0.281 e. The Morgan fingerprint density at radius 2 is 2.20 bits per heavy atom. The Balaban J connectivity index is 1.66. The molecule has 3 rings (SSSR count). The zero-order valence-electron chi connectivity index (χ0n) is 14.9. The normalized spacial score (nSPS) is 16.9. The number of aryl methyl sites for hydroxylation is 1. The van der Waals surface area contributed by atoms with E-state index < -0.39 is 0 Å². The van der Waals surface area contributed by atoms with Gasteiger partial charge in [-0.3, -0.25) is 4.79 Å². The highest BCUT2D eigenvalue weighted by molar-refractivity contribution is 7.14. The van der Waals surface area contributed by atoms with Gasteiger partial charge in [0.1, 0.15) is 5.75 Å². The number of carbonyl (C=O) groups is 1. The van der Waals surface area contributed by atoms with Gasteiger partial charge in [0.15, 0.2) is 0 Å². The van der Waals surface area contributed by atoms with Gasteiger partial charge in [0, 0.05) is 10.4 Å². The van der Waals surface area contributed by atoms with Crippen molar-refractivity contribution in [1.82, 2.24) is 5.43 Å². The monoisotopic (exact) mass is 356 g/mol. The van der Waals surface area contributed by atoms with E-state index in [9.17, 15) is 4.79 Å². The number of para-hydroxylation sites is 1. The Morgan fingerprint density at radius 1 is 1.40 bits per heavy atom. The Bertz CT molecular complexity index is 780. The first-order valence-electron chi connectivity index (χ1n) is 8.73. The number of hydrogen-bond donors (Lipinski definition) is 1. The maximum atomic E-state index is 12.4. The zero-order chi connectivity index (χ0) is 17.8. The fourth-order valence-electron chi connectivity index (χ4n) is 2.98. The van der Waals surface area contributed by atoms with E-state index in [2.05, 4.69) is 17.5 Å². The third-order valence-corrected chi connectivity index (χ3v) is 5.44. The van der Waals surface area contributed by atoms with Crippen LogP contribution in [0.1, 0.15) is 52.9 Å². The Morgan fingerprint density at radius 3 is 3.00 bits per heavy atom. The number of benzene rings is 1. The third kappa shape index (κ3) is 4.48. The highest BCUT2D eigenvalue weighted by atomic mass is 32.1. The number of amides is 1. The number of hydrogen-bond acceptors (Lipinski definition) is 4. The van der Waals surface area contributed by atoms with Crippen molar-refractivity contribution < 1.29 is 9.53 Å². The molecule has 1 aromatic carbocycles. The summed E-state index contributed by atoms with van der Waals surface area (Å²) in [5.74, 6) is 1.31. The molecule has 0 unspecified atom stereocenters. The van der Waals surface area contributed by atoms with E-state index in [1.165, 1.54) is 16.9 Å². The van der Waals surface area contributed by atoms with Crippen molar-refractivity contribution in [1.29, 1.82) is 0 Å². The maximum Gasteiger partial charge on any atom is 0.281 e. The van der Waals surface area contributed by atoms with Crippen molar-refractivity contribution in [2.45, 2.75) is 46.1 Å². The van der Waals surface area contributed by atoms with Crippen molar-refractivity contribution in [3.8, 4) is 5.75 Å². The standard InChI is InChI=1S/C20H24N2O2S/c1-13(2)24-17-7-5-4-6-15(17)12-21-22-20(23)19-11-16-10-14(3)8-9-18(16)25-19/h4-7,11-14H,8-10H2,1-3H3,(H,22,23)/b21-12-/t14-/m0/s1. The number of thiophene rings is 1. The highest BCUT2D eigenvalue weighted by Crippen LogP contribution is 2.32. The largest absolute Gasteiger partial charge is 0.490 e. The highest BCUT2D eigenvalue weighted by Gasteiger charge is 2.20. The van der Waals surface area contributed by atoms with E-state index in [-0.39, 0.29) is 12.0 Å². The minimum absolute atomic E-state index is 0.0870. The van der Waals surface area contributed by atoms with Crippen molar-refractivity contribution in [2.24, 2.45) is 11.0 Å². The Labute approximate surface area is 152 Å². The van der Waals surface area contributed by atoms with E-state index in [0.29, 0.717) is 5.92 Å². The maximum absolute atomic E-state index is 12.4. The Hall–Kier alpha value is -2.14. The van der Waals surface area contributed by atoms with E-state index in [1.807, 2.05) is 44.2 Å². The van der Waals surface area contributed by atoms with Crippen molar-refractivity contribution in [3.63, 3.8) is 0 Å². The average molecular weight is 356 g/mol. The number of nitrogens with one attached hydrogen (secondary N) is 1. The summed E-state index contributed by atoms with van der Waals surface area (Å²) in [7, 11) is 0. The van der Waals surface area contributed by atoms with Crippen LogP contribution in [0.15, 0.2) is 35.4 Å². The van der Waals surface area contributed by atoms with Crippen LogP contribution in [0.2, 0.25) is 0 Å². The zero-order valence-corrected chi connectivity index (χ0v) is 15.7. The molecule has 0 spiro atoms. The molecule has 0 saturated heterocycles. The topological polar surface area (TPSA) is 50.7 Å². The molecule has 0 bridgehead atoms. The molecule has 132 valence electrons. The summed E-state index contributed by atoms with van der Waals surface area (Å²) in [5, 5.41) is 4.11. The molecule has 0 radical (unpaired) electrons. The van der Waals surface area contributed by atoms with E-state index in [1.54, 1.807) is 17.6 Å². The number of fused-ring (bicyclic) bond motifs is 1. The number of ether oxygens (including phenoxy) is 1. The summed E-state index contributed by atoms with van der Waals surface area (Å²) in [4.78, 5) is 14.4. The number of rotatable bonds is 5. The molecule has 1 atom stereocenters. The molecular formula is C20H24N2O2S. The van der Waals surface area contributed by atoms with Crippen molar-refractivity contribution in [2.75, 3.05) is 0 Å². The summed E-state index contributed by atoms with van der Waals surface area (Å²) < 4.78 is 5.75. The van der Waals surface area contributed by atoms with Crippen molar-refractivity contribution in [3.05, 3.63) is 51.2 Å².